The first-order chi connectivity index (χ1) is 7.27. The van der Waals surface area contributed by atoms with E-state index in [0.29, 0.717) is 0 Å². The molecule has 78 valence electrons. The largest absolute Gasteiger partial charge is 0.347 e. The fourth-order valence-electron chi connectivity index (χ4n) is 2.55. The van der Waals surface area contributed by atoms with Gasteiger partial charge < -0.3 is 4.57 Å². The van der Waals surface area contributed by atoms with Gasteiger partial charge in [0.25, 0.3) is 0 Å². The van der Waals surface area contributed by atoms with Crippen LogP contribution in [0.4, 0.5) is 0 Å². The van der Waals surface area contributed by atoms with E-state index in [-0.39, 0.29) is 0 Å². The number of aromatic nitrogens is 1. The van der Waals surface area contributed by atoms with Crippen molar-refractivity contribution in [1.82, 2.24) is 9.24 Å². The van der Waals surface area contributed by atoms with Crippen LogP contribution in [0.3, 0.4) is 0 Å². The molecule has 1 aliphatic rings. The highest BCUT2D eigenvalue weighted by molar-refractivity contribution is 7.13. The molecule has 0 spiro atoms. The number of rotatable bonds is 0. The number of aryl methyl sites for hydroxylation is 1. The SMILES string of the molecule is Cn1c2c(c3ccccc31)CN(P)CC2. The Morgan fingerprint density at radius 1 is 1.27 bits per heavy atom. The Balaban J connectivity index is 2.33. The summed E-state index contributed by atoms with van der Waals surface area (Å²) in [4.78, 5) is 0. The second-order valence-corrected chi connectivity index (χ2v) is 4.95. The summed E-state index contributed by atoms with van der Waals surface area (Å²) in [5.41, 5.74) is 4.38. The smallest absolute Gasteiger partial charge is 0.0483 e. The standard InChI is InChI=1S/C12H15N2P/c1-13-11-5-3-2-4-9(11)10-8-14(15)7-6-12(10)13/h2-5H,6-8,15H2,1H3. The molecule has 0 fully saturated rings. The topological polar surface area (TPSA) is 8.17 Å². The summed E-state index contributed by atoms with van der Waals surface area (Å²) in [6, 6.07) is 8.69. The van der Waals surface area contributed by atoms with Crippen molar-refractivity contribution in [1.29, 1.82) is 0 Å². The molecule has 0 N–H and O–H groups in total. The van der Waals surface area contributed by atoms with E-state index >= 15 is 0 Å². The van der Waals surface area contributed by atoms with Crippen LogP contribution >= 0.6 is 9.39 Å². The minimum absolute atomic E-state index is 1.06. The molecule has 0 aliphatic carbocycles. The molecule has 0 bridgehead atoms. The van der Waals surface area contributed by atoms with Crippen LogP contribution in [0, 0.1) is 0 Å². The van der Waals surface area contributed by atoms with E-state index in [4.69, 9.17) is 0 Å². The van der Waals surface area contributed by atoms with Gasteiger partial charge in [0.05, 0.1) is 0 Å². The number of fused-ring (bicyclic) bond motifs is 3. The maximum atomic E-state index is 2.81. The lowest BCUT2D eigenvalue weighted by molar-refractivity contribution is 0.437. The summed E-state index contributed by atoms with van der Waals surface area (Å²) in [7, 11) is 4.99. The summed E-state index contributed by atoms with van der Waals surface area (Å²) in [5.74, 6) is 0. The summed E-state index contributed by atoms with van der Waals surface area (Å²) in [6.45, 7) is 2.20. The van der Waals surface area contributed by atoms with Crippen LogP contribution in [0.15, 0.2) is 24.3 Å². The van der Waals surface area contributed by atoms with E-state index < -0.39 is 0 Å². The quantitative estimate of drug-likeness (QED) is 0.616. The molecule has 0 saturated heterocycles. The predicted octanol–water partition coefficient (Wildman–Crippen LogP) is 2.33. The highest BCUT2D eigenvalue weighted by Gasteiger charge is 2.20. The van der Waals surface area contributed by atoms with Gasteiger partial charge in [-0.25, -0.2) is 0 Å². The molecule has 1 atom stereocenters. The first-order valence-electron chi connectivity index (χ1n) is 5.32. The Labute approximate surface area is 92.1 Å². The third kappa shape index (κ3) is 1.32. The third-order valence-corrected chi connectivity index (χ3v) is 3.78. The van der Waals surface area contributed by atoms with Crippen LogP contribution in [0.5, 0.6) is 0 Å². The fraction of sp³-hybridized carbons (Fsp3) is 0.333. The van der Waals surface area contributed by atoms with Crippen molar-refractivity contribution < 1.29 is 0 Å². The van der Waals surface area contributed by atoms with Crippen molar-refractivity contribution in [3.63, 3.8) is 0 Å². The summed E-state index contributed by atoms with van der Waals surface area (Å²) in [6.07, 6.45) is 1.16. The zero-order chi connectivity index (χ0) is 10.4. The second-order valence-electron chi connectivity index (χ2n) is 4.22. The van der Waals surface area contributed by atoms with E-state index in [1.807, 2.05) is 0 Å². The van der Waals surface area contributed by atoms with Gasteiger partial charge >= 0.3 is 0 Å². The Bertz CT molecular complexity index is 516. The normalized spacial score (nSPS) is 16.9. The van der Waals surface area contributed by atoms with Crippen LogP contribution in [0.1, 0.15) is 11.3 Å². The van der Waals surface area contributed by atoms with Crippen LogP contribution < -0.4 is 0 Å². The molecule has 2 nitrogen and oxygen atoms in total. The van der Waals surface area contributed by atoms with Crippen molar-refractivity contribution in [2.45, 2.75) is 13.0 Å². The van der Waals surface area contributed by atoms with Gasteiger partial charge in [0.15, 0.2) is 0 Å². The van der Waals surface area contributed by atoms with E-state index in [1.54, 1.807) is 0 Å². The predicted molar refractivity (Wildman–Crippen MR) is 66.7 cm³/mol. The summed E-state index contributed by atoms with van der Waals surface area (Å²) >= 11 is 0. The molecule has 15 heavy (non-hydrogen) atoms. The number of nitrogens with zero attached hydrogens (tertiary/aromatic N) is 2. The molecule has 3 rings (SSSR count). The molecule has 1 aliphatic heterocycles. The van der Waals surface area contributed by atoms with Gasteiger partial charge in [-0.2, -0.15) is 0 Å². The van der Waals surface area contributed by atoms with Crippen molar-refractivity contribution in [2.24, 2.45) is 7.05 Å². The van der Waals surface area contributed by atoms with E-state index in [9.17, 15) is 0 Å². The molecule has 0 amide bonds. The van der Waals surface area contributed by atoms with Crippen molar-refractivity contribution in [3.8, 4) is 0 Å². The van der Waals surface area contributed by atoms with Crippen molar-refractivity contribution in [2.75, 3.05) is 6.54 Å². The first-order valence-corrected chi connectivity index (χ1v) is 5.84. The van der Waals surface area contributed by atoms with Crippen LogP contribution in [0.25, 0.3) is 10.9 Å². The minimum atomic E-state index is 1.06. The van der Waals surface area contributed by atoms with Gasteiger partial charge in [-0.15, -0.1) is 0 Å². The van der Waals surface area contributed by atoms with Crippen LogP contribution in [-0.4, -0.2) is 15.8 Å². The lowest BCUT2D eigenvalue weighted by atomic mass is 10.1. The summed E-state index contributed by atoms with van der Waals surface area (Å²) in [5, 5.41) is 1.42. The van der Waals surface area contributed by atoms with Crippen molar-refractivity contribution in [3.05, 3.63) is 35.5 Å². The van der Waals surface area contributed by atoms with Gasteiger partial charge in [0.2, 0.25) is 0 Å². The Morgan fingerprint density at radius 3 is 2.93 bits per heavy atom. The van der Waals surface area contributed by atoms with Gasteiger partial charge in [-0.1, -0.05) is 27.6 Å². The maximum Gasteiger partial charge on any atom is 0.0483 e. The molecule has 1 aromatic carbocycles. The molecule has 0 saturated carbocycles. The average molecular weight is 218 g/mol. The number of hydrogen-bond donors (Lipinski definition) is 0. The molecule has 0 radical (unpaired) electrons. The first kappa shape index (κ1) is 9.38. The molecule has 3 heteroatoms. The van der Waals surface area contributed by atoms with Crippen LogP contribution in [0.2, 0.25) is 0 Å². The molecule has 2 aromatic rings. The molecule has 2 heterocycles. The van der Waals surface area contributed by atoms with Gasteiger partial charge in [0, 0.05) is 43.2 Å². The van der Waals surface area contributed by atoms with Gasteiger partial charge in [0.1, 0.15) is 0 Å². The molecule has 1 unspecified atom stereocenters. The second kappa shape index (κ2) is 3.33. The van der Waals surface area contributed by atoms with E-state index in [2.05, 4.69) is 49.9 Å². The van der Waals surface area contributed by atoms with Gasteiger partial charge in [-0.05, 0) is 11.6 Å². The lowest BCUT2D eigenvalue weighted by Crippen LogP contribution is -2.22. The highest BCUT2D eigenvalue weighted by Crippen LogP contribution is 2.30. The Kier molecular flexibility index (Phi) is 2.08. The minimum Gasteiger partial charge on any atom is -0.347 e. The lowest BCUT2D eigenvalue weighted by Gasteiger charge is -2.23. The monoisotopic (exact) mass is 218 g/mol. The number of hydrogen-bond acceptors (Lipinski definition) is 1. The molecular weight excluding hydrogens is 203 g/mol. The maximum absolute atomic E-state index is 2.81. The van der Waals surface area contributed by atoms with E-state index in [1.165, 1.54) is 22.2 Å². The summed E-state index contributed by atoms with van der Waals surface area (Å²) < 4.78 is 4.66. The molecular formula is C12H15N2P. The Hall–Kier alpha value is -0.850. The fourth-order valence-corrected chi connectivity index (χ4v) is 2.86. The van der Waals surface area contributed by atoms with Crippen molar-refractivity contribution >= 4 is 20.3 Å². The Morgan fingerprint density at radius 2 is 2.07 bits per heavy atom. The van der Waals surface area contributed by atoms with Crippen LogP contribution in [-0.2, 0) is 20.0 Å². The highest BCUT2D eigenvalue weighted by atomic mass is 31.0. The average Bonchev–Trinajstić information content (AvgIpc) is 2.54. The molecule has 1 aromatic heterocycles. The van der Waals surface area contributed by atoms with E-state index in [0.717, 1.165) is 19.5 Å². The third-order valence-electron chi connectivity index (χ3n) is 3.34. The zero-order valence-corrected chi connectivity index (χ0v) is 10.1. The number of benzene rings is 1. The van der Waals surface area contributed by atoms with Gasteiger partial charge in [-0.3, -0.25) is 4.67 Å². The zero-order valence-electron chi connectivity index (χ0n) is 8.90. The number of para-hydroxylation sites is 1.